The lowest BCUT2D eigenvalue weighted by atomic mass is 9.97. The van der Waals surface area contributed by atoms with Gasteiger partial charge in [0.2, 0.25) is 5.91 Å². The molecule has 1 saturated heterocycles. The van der Waals surface area contributed by atoms with Gasteiger partial charge in [-0.3, -0.25) is 9.89 Å². The summed E-state index contributed by atoms with van der Waals surface area (Å²) < 4.78 is 0. The van der Waals surface area contributed by atoms with Crippen LogP contribution in [0.1, 0.15) is 25.5 Å². The Morgan fingerprint density at radius 1 is 1.62 bits per heavy atom. The summed E-state index contributed by atoms with van der Waals surface area (Å²) in [6.07, 6.45) is 3.54. The van der Waals surface area contributed by atoms with E-state index in [1.54, 1.807) is 12.4 Å². The van der Waals surface area contributed by atoms with Crippen molar-refractivity contribution in [2.45, 2.75) is 19.9 Å². The van der Waals surface area contributed by atoms with Crippen LogP contribution in [0.4, 0.5) is 0 Å². The summed E-state index contributed by atoms with van der Waals surface area (Å²) in [6.45, 7) is 5.78. The largest absolute Gasteiger partial charge is 0.349 e. The van der Waals surface area contributed by atoms with E-state index in [9.17, 15) is 4.79 Å². The molecule has 0 bridgehead atoms. The Kier molecular flexibility index (Phi) is 3.24. The number of rotatable bonds is 3. The van der Waals surface area contributed by atoms with Gasteiger partial charge in [-0.05, 0) is 19.4 Å². The van der Waals surface area contributed by atoms with E-state index in [-0.39, 0.29) is 17.9 Å². The zero-order chi connectivity index (χ0) is 11.5. The molecular weight excluding hydrogens is 204 g/mol. The third kappa shape index (κ3) is 2.24. The standard InChI is InChI=1S/C11H18N4O/c1-7-3-12-6-10(7)11(16)15-8(2)9-4-13-14-5-9/h4-5,7-8,10,12H,3,6H2,1-2H3,(H,13,14)(H,15,16)/t7-,8?,10-/m1/s1. The van der Waals surface area contributed by atoms with Crippen molar-refractivity contribution < 1.29 is 4.79 Å². The summed E-state index contributed by atoms with van der Waals surface area (Å²) in [5.74, 6) is 0.636. The summed E-state index contributed by atoms with van der Waals surface area (Å²) in [6, 6.07) is 0.0130. The molecule has 16 heavy (non-hydrogen) atoms. The topological polar surface area (TPSA) is 69.8 Å². The number of aromatic amines is 1. The third-order valence-corrected chi connectivity index (χ3v) is 3.23. The second kappa shape index (κ2) is 4.65. The molecule has 1 aliphatic heterocycles. The van der Waals surface area contributed by atoms with Crippen LogP contribution in [-0.4, -0.2) is 29.2 Å². The van der Waals surface area contributed by atoms with E-state index in [2.05, 4.69) is 27.8 Å². The number of aromatic nitrogens is 2. The van der Waals surface area contributed by atoms with Crippen molar-refractivity contribution in [1.82, 2.24) is 20.8 Å². The summed E-state index contributed by atoms with van der Waals surface area (Å²) >= 11 is 0. The molecule has 2 heterocycles. The van der Waals surface area contributed by atoms with Crippen LogP contribution >= 0.6 is 0 Å². The van der Waals surface area contributed by atoms with Crippen molar-refractivity contribution in [1.29, 1.82) is 0 Å². The van der Waals surface area contributed by atoms with E-state index >= 15 is 0 Å². The fraction of sp³-hybridized carbons (Fsp3) is 0.636. The number of amides is 1. The molecule has 0 radical (unpaired) electrons. The van der Waals surface area contributed by atoms with Crippen LogP contribution in [0.25, 0.3) is 0 Å². The first-order valence-electron chi connectivity index (χ1n) is 5.68. The number of hydrogen-bond acceptors (Lipinski definition) is 3. The summed E-state index contributed by atoms with van der Waals surface area (Å²) in [4.78, 5) is 12.0. The number of hydrogen-bond donors (Lipinski definition) is 3. The van der Waals surface area contributed by atoms with Gasteiger partial charge in [-0.1, -0.05) is 6.92 Å². The van der Waals surface area contributed by atoms with Crippen LogP contribution in [0.2, 0.25) is 0 Å². The van der Waals surface area contributed by atoms with Crippen molar-refractivity contribution in [3.8, 4) is 0 Å². The van der Waals surface area contributed by atoms with Gasteiger partial charge in [-0.15, -0.1) is 0 Å². The quantitative estimate of drug-likeness (QED) is 0.695. The zero-order valence-electron chi connectivity index (χ0n) is 9.66. The van der Waals surface area contributed by atoms with E-state index < -0.39 is 0 Å². The molecule has 3 atom stereocenters. The highest BCUT2D eigenvalue weighted by molar-refractivity contribution is 5.80. The maximum atomic E-state index is 12.0. The molecule has 1 amide bonds. The predicted octanol–water partition coefficient (Wildman–Crippen LogP) is 0.442. The zero-order valence-corrected chi connectivity index (χ0v) is 9.66. The minimum atomic E-state index is 0.0130. The molecule has 1 unspecified atom stereocenters. The van der Waals surface area contributed by atoms with E-state index in [4.69, 9.17) is 0 Å². The first-order valence-corrected chi connectivity index (χ1v) is 5.68. The van der Waals surface area contributed by atoms with Gasteiger partial charge >= 0.3 is 0 Å². The van der Waals surface area contributed by atoms with Crippen molar-refractivity contribution in [2.75, 3.05) is 13.1 Å². The van der Waals surface area contributed by atoms with Gasteiger partial charge in [0.15, 0.2) is 0 Å². The minimum absolute atomic E-state index is 0.0130. The van der Waals surface area contributed by atoms with Gasteiger partial charge in [0.05, 0.1) is 18.2 Å². The smallest absolute Gasteiger partial charge is 0.225 e. The van der Waals surface area contributed by atoms with Crippen molar-refractivity contribution >= 4 is 5.91 Å². The second-order valence-corrected chi connectivity index (χ2v) is 4.50. The summed E-state index contributed by atoms with van der Waals surface area (Å²) in [5.41, 5.74) is 1.01. The van der Waals surface area contributed by atoms with E-state index in [1.807, 2.05) is 6.92 Å². The molecule has 1 fully saturated rings. The Morgan fingerprint density at radius 2 is 2.44 bits per heavy atom. The monoisotopic (exact) mass is 222 g/mol. The Labute approximate surface area is 95.0 Å². The third-order valence-electron chi connectivity index (χ3n) is 3.23. The minimum Gasteiger partial charge on any atom is -0.349 e. The van der Waals surface area contributed by atoms with E-state index in [0.717, 1.165) is 18.7 Å². The predicted molar refractivity (Wildman–Crippen MR) is 60.7 cm³/mol. The fourth-order valence-electron chi connectivity index (χ4n) is 2.06. The van der Waals surface area contributed by atoms with Gasteiger partial charge in [-0.25, -0.2) is 0 Å². The lowest BCUT2D eigenvalue weighted by Crippen LogP contribution is -2.35. The van der Waals surface area contributed by atoms with Crippen LogP contribution < -0.4 is 10.6 Å². The molecule has 1 aliphatic rings. The normalized spacial score (nSPS) is 26.6. The van der Waals surface area contributed by atoms with Crippen LogP contribution in [-0.2, 0) is 4.79 Å². The van der Waals surface area contributed by atoms with E-state index in [0.29, 0.717) is 5.92 Å². The number of nitrogens with zero attached hydrogens (tertiary/aromatic N) is 1. The van der Waals surface area contributed by atoms with Gasteiger partial charge < -0.3 is 10.6 Å². The van der Waals surface area contributed by atoms with Crippen molar-refractivity contribution in [3.05, 3.63) is 18.0 Å². The van der Waals surface area contributed by atoms with Gasteiger partial charge in [0.1, 0.15) is 0 Å². The molecule has 0 saturated carbocycles. The second-order valence-electron chi connectivity index (χ2n) is 4.50. The first kappa shape index (κ1) is 11.1. The fourth-order valence-corrected chi connectivity index (χ4v) is 2.06. The molecule has 0 aromatic carbocycles. The lowest BCUT2D eigenvalue weighted by molar-refractivity contribution is -0.126. The molecule has 1 aromatic rings. The molecular formula is C11H18N4O. The number of H-pyrrole nitrogens is 1. The molecule has 88 valence electrons. The molecule has 5 nitrogen and oxygen atoms in total. The maximum Gasteiger partial charge on any atom is 0.225 e. The average Bonchev–Trinajstić information content (AvgIpc) is 2.86. The average molecular weight is 222 g/mol. The summed E-state index contributed by atoms with van der Waals surface area (Å²) in [5, 5.41) is 12.9. The highest BCUT2D eigenvalue weighted by Gasteiger charge is 2.30. The lowest BCUT2D eigenvalue weighted by Gasteiger charge is -2.18. The molecule has 0 aliphatic carbocycles. The maximum absolute atomic E-state index is 12.0. The van der Waals surface area contributed by atoms with Gasteiger partial charge in [0.25, 0.3) is 0 Å². The Balaban J connectivity index is 1.92. The highest BCUT2D eigenvalue weighted by atomic mass is 16.2. The van der Waals surface area contributed by atoms with Gasteiger partial charge in [-0.2, -0.15) is 5.10 Å². The highest BCUT2D eigenvalue weighted by Crippen LogP contribution is 2.18. The SMILES string of the molecule is CC(NC(=O)[C@@H]1CNC[C@H]1C)c1cn[nH]c1. The number of carbonyl (C=O) groups excluding carboxylic acids is 1. The van der Waals surface area contributed by atoms with Crippen LogP contribution in [0.15, 0.2) is 12.4 Å². The summed E-state index contributed by atoms with van der Waals surface area (Å²) in [7, 11) is 0. The van der Waals surface area contributed by atoms with Crippen LogP contribution in [0.3, 0.4) is 0 Å². The number of nitrogens with one attached hydrogen (secondary N) is 3. The molecule has 5 heteroatoms. The molecule has 3 N–H and O–H groups in total. The van der Waals surface area contributed by atoms with Gasteiger partial charge in [0, 0.05) is 18.3 Å². The van der Waals surface area contributed by atoms with Crippen LogP contribution in [0, 0.1) is 11.8 Å². The van der Waals surface area contributed by atoms with E-state index in [1.165, 1.54) is 0 Å². The van der Waals surface area contributed by atoms with Crippen molar-refractivity contribution in [3.63, 3.8) is 0 Å². The van der Waals surface area contributed by atoms with Crippen LogP contribution in [0.5, 0.6) is 0 Å². The molecule has 0 spiro atoms. The Bertz CT molecular complexity index is 349. The molecule has 1 aromatic heterocycles. The molecule has 2 rings (SSSR count). The Morgan fingerprint density at radius 3 is 3.00 bits per heavy atom. The number of carbonyl (C=O) groups is 1. The Hall–Kier alpha value is -1.36. The first-order chi connectivity index (χ1) is 7.68. The van der Waals surface area contributed by atoms with Crippen molar-refractivity contribution in [2.24, 2.45) is 11.8 Å².